The van der Waals surface area contributed by atoms with Gasteiger partial charge in [-0.05, 0) is 30.2 Å². The molecule has 2 N–H and O–H groups in total. The molecule has 0 radical (unpaired) electrons. The van der Waals surface area contributed by atoms with Crippen LogP contribution in [0.5, 0.6) is 5.75 Å². The Hall–Kier alpha value is -2.53. The van der Waals surface area contributed by atoms with Crippen LogP contribution < -0.4 is 10.1 Å². The number of halogens is 1. The van der Waals surface area contributed by atoms with Crippen molar-refractivity contribution in [2.24, 2.45) is 5.92 Å². The van der Waals surface area contributed by atoms with E-state index in [-0.39, 0.29) is 12.3 Å². The van der Waals surface area contributed by atoms with Gasteiger partial charge in [-0.1, -0.05) is 43.6 Å². The standard InChI is InChI=1S/C19H20ClN3O2/c1-12(2)11-25-18-8-7-13(9-15(18)20)21-19(24)10-17-14-5-3-4-6-16(14)22-23-17/h3-9,12H,10-11H2,1-2H3,(H,21,24)(H,22,23). The number of anilines is 1. The average molecular weight is 358 g/mol. The molecule has 5 nitrogen and oxygen atoms in total. The highest BCUT2D eigenvalue weighted by Gasteiger charge is 2.11. The molecule has 0 aliphatic rings. The minimum absolute atomic E-state index is 0.138. The summed E-state index contributed by atoms with van der Waals surface area (Å²) in [5.41, 5.74) is 2.27. The van der Waals surface area contributed by atoms with E-state index in [1.807, 2.05) is 24.3 Å². The number of fused-ring (bicyclic) bond motifs is 1. The van der Waals surface area contributed by atoms with Crippen molar-refractivity contribution < 1.29 is 9.53 Å². The van der Waals surface area contributed by atoms with Crippen molar-refractivity contribution in [1.29, 1.82) is 0 Å². The summed E-state index contributed by atoms with van der Waals surface area (Å²) < 4.78 is 5.63. The Balaban J connectivity index is 1.65. The number of para-hydroxylation sites is 1. The van der Waals surface area contributed by atoms with Gasteiger partial charge in [-0.15, -0.1) is 0 Å². The maximum Gasteiger partial charge on any atom is 0.230 e. The summed E-state index contributed by atoms with van der Waals surface area (Å²) in [6.07, 6.45) is 0.212. The predicted octanol–water partition coefficient (Wildman–Crippen LogP) is 4.43. The largest absolute Gasteiger partial charge is 0.492 e. The van der Waals surface area contributed by atoms with Crippen molar-refractivity contribution in [1.82, 2.24) is 10.2 Å². The number of hydrogen-bond acceptors (Lipinski definition) is 3. The number of amides is 1. The average Bonchev–Trinajstić information content (AvgIpc) is 2.97. The van der Waals surface area contributed by atoms with Crippen LogP contribution in [0.15, 0.2) is 42.5 Å². The predicted molar refractivity (Wildman–Crippen MR) is 100 cm³/mol. The van der Waals surface area contributed by atoms with Gasteiger partial charge in [0.1, 0.15) is 5.75 Å². The summed E-state index contributed by atoms with van der Waals surface area (Å²) in [6, 6.07) is 12.9. The lowest BCUT2D eigenvalue weighted by molar-refractivity contribution is -0.115. The third kappa shape index (κ3) is 4.31. The van der Waals surface area contributed by atoms with Crippen LogP contribution in [-0.4, -0.2) is 22.7 Å². The number of benzene rings is 2. The maximum atomic E-state index is 12.3. The molecule has 0 unspecified atom stereocenters. The van der Waals surface area contributed by atoms with E-state index in [4.69, 9.17) is 16.3 Å². The van der Waals surface area contributed by atoms with Crippen molar-refractivity contribution in [3.05, 3.63) is 53.2 Å². The SMILES string of the molecule is CC(C)COc1ccc(NC(=O)Cc2[nH]nc3ccccc23)cc1Cl. The third-order valence-corrected chi connectivity index (χ3v) is 3.96. The molecular formula is C19H20ClN3O2. The summed E-state index contributed by atoms with van der Waals surface area (Å²) in [4.78, 5) is 12.3. The topological polar surface area (TPSA) is 67.0 Å². The third-order valence-electron chi connectivity index (χ3n) is 3.67. The smallest absolute Gasteiger partial charge is 0.230 e. The number of nitrogens with zero attached hydrogens (tertiary/aromatic N) is 1. The van der Waals surface area contributed by atoms with Gasteiger partial charge in [0, 0.05) is 11.1 Å². The minimum Gasteiger partial charge on any atom is -0.492 e. The normalized spacial score (nSPS) is 11.0. The molecule has 0 aliphatic carbocycles. The van der Waals surface area contributed by atoms with Crippen molar-refractivity contribution in [2.75, 3.05) is 11.9 Å². The second kappa shape index (κ2) is 7.57. The summed E-state index contributed by atoms with van der Waals surface area (Å²) in [5.74, 6) is 0.897. The molecule has 6 heteroatoms. The summed E-state index contributed by atoms with van der Waals surface area (Å²) in [7, 11) is 0. The molecule has 0 aliphatic heterocycles. The molecular weight excluding hydrogens is 338 g/mol. The Bertz CT molecular complexity index is 889. The molecule has 3 aromatic rings. The maximum absolute atomic E-state index is 12.3. The first-order valence-corrected chi connectivity index (χ1v) is 8.55. The first-order valence-electron chi connectivity index (χ1n) is 8.17. The fraction of sp³-hybridized carbons (Fsp3) is 0.263. The Labute approximate surface area is 151 Å². The highest BCUT2D eigenvalue weighted by atomic mass is 35.5. The van der Waals surface area contributed by atoms with E-state index in [1.165, 1.54) is 0 Å². The first-order chi connectivity index (χ1) is 12.0. The van der Waals surface area contributed by atoms with Crippen LogP contribution in [0.1, 0.15) is 19.5 Å². The van der Waals surface area contributed by atoms with Gasteiger partial charge in [-0.25, -0.2) is 0 Å². The summed E-state index contributed by atoms with van der Waals surface area (Å²) in [6.45, 7) is 4.74. The van der Waals surface area contributed by atoms with Gasteiger partial charge in [0.15, 0.2) is 0 Å². The van der Waals surface area contributed by atoms with E-state index in [2.05, 4.69) is 29.4 Å². The quantitative estimate of drug-likeness (QED) is 0.685. The number of nitrogens with one attached hydrogen (secondary N) is 2. The zero-order chi connectivity index (χ0) is 17.8. The molecule has 1 amide bonds. The molecule has 25 heavy (non-hydrogen) atoms. The number of H-pyrrole nitrogens is 1. The lowest BCUT2D eigenvalue weighted by Crippen LogP contribution is -2.15. The molecule has 0 atom stereocenters. The monoisotopic (exact) mass is 357 g/mol. The highest BCUT2D eigenvalue weighted by molar-refractivity contribution is 6.32. The fourth-order valence-electron chi connectivity index (χ4n) is 2.47. The summed E-state index contributed by atoms with van der Waals surface area (Å²) in [5, 5.41) is 11.4. The fourth-order valence-corrected chi connectivity index (χ4v) is 2.70. The molecule has 1 heterocycles. The second-order valence-corrected chi connectivity index (χ2v) is 6.70. The van der Waals surface area contributed by atoms with Crippen molar-refractivity contribution in [3.63, 3.8) is 0 Å². The zero-order valence-corrected chi connectivity index (χ0v) is 14.9. The first kappa shape index (κ1) is 17.3. The number of aromatic nitrogens is 2. The van der Waals surface area contributed by atoms with Crippen molar-refractivity contribution in [3.8, 4) is 5.75 Å². The number of aromatic amines is 1. The Morgan fingerprint density at radius 3 is 2.84 bits per heavy atom. The number of carbonyl (C=O) groups is 1. The Morgan fingerprint density at radius 1 is 1.28 bits per heavy atom. The Morgan fingerprint density at radius 2 is 2.08 bits per heavy atom. The van der Waals surface area contributed by atoms with Gasteiger partial charge in [0.25, 0.3) is 0 Å². The molecule has 0 saturated carbocycles. The molecule has 0 bridgehead atoms. The van der Waals surface area contributed by atoms with Crippen molar-refractivity contribution >= 4 is 34.1 Å². The van der Waals surface area contributed by atoms with Crippen LogP contribution >= 0.6 is 11.6 Å². The van der Waals surface area contributed by atoms with Gasteiger partial charge in [-0.2, -0.15) is 5.10 Å². The van der Waals surface area contributed by atoms with Gasteiger partial charge < -0.3 is 10.1 Å². The van der Waals surface area contributed by atoms with Crippen molar-refractivity contribution in [2.45, 2.75) is 20.3 Å². The number of ether oxygens (including phenoxy) is 1. The number of carbonyl (C=O) groups excluding carboxylic acids is 1. The lowest BCUT2D eigenvalue weighted by atomic mass is 10.1. The van der Waals surface area contributed by atoms with E-state index < -0.39 is 0 Å². The van der Waals surface area contributed by atoms with E-state index in [0.717, 1.165) is 16.6 Å². The van der Waals surface area contributed by atoms with Gasteiger partial charge >= 0.3 is 0 Å². The van der Waals surface area contributed by atoms with Crippen LogP contribution in [-0.2, 0) is 11.2 Å². The van der Waals surface area contributed by atoms with Gasteiger partial charge in [-0.3, -0.25) is 9.89 Å². The number of hydrogen-bond donors (Lipinski definition) is 2. The van der Waals surface area contributed by atoms with E-state index in [0.29, 0.717) is 29.0 Å². The molecule has 1 aromatic heterocycles. The van der Waals surface area contributed by atoms with E-state index in [1.54, 1.807) is 18.2 Å². The minimum atomic E-state index is -0.138. The van der Waals surface area contributed by atoms with Crippen LogP contribution in [0, 0.1) is 5.92 Å². The summed E-state index contributed by atoms with van der Waals surface area (Å²) >= 11 is 6.22. The molecule has 0 saturated heterocycles. The van der Waals surface area contributed by atoms with Crippen LogP contribution in [0.2, 0.25) is 5.02 Å². The molecule has 0 fully saturated rings. The van der Waals surface area contributed by atoms with Gasteiger partial charge in [0.05, 0.1) is 29.3 Å². The molecule has 0 spiro atoms. The van der Waals surface area contributed by atoms with Gasteiger partial charge in [0.2, 0.25) is 5.91 Å². The molecule has 130 valence electrons. The van der Waals surface area contributed by atoms with E-state index >= 15 is 0 Å². The Kier molecular flexibility index (Phi) is 5.24. The number of rotatable bonds is 6. The molecule has 3 rings (SSSR count). The van der Waals surface area contributed by atoms with Crippen LogP contribution in [0.4, 0.5) is 5.69 Å². The second-order valence-electron chi connectivity index (χ2n) is 6.29. The zero-order valence-electron chi connectivity index (χ0n) is 14.2. The highest BCUT2D eigenvalue weighted by Crippen LogP contribution is 2.28. The van der Waals surface area contributed by atoms with Crippen LogP contribution in [0.25, 0.3) is 10.9 Å². The molecule has 2 aromatic carbocycles. The van der Waals surface area contributed by atoms with E-state index in [9.17, 15) is 4.79 Å². The lowest BCUT2D eigenvalue weighted by Gasteiger charge is -2.11. The van der Waals surface area contributed by atoms with Crippen LogP contribution in [0.3, 0.4) is 0 Å².